The van der Waals surface area contributed by atoms with Crippen molar-refractivity contribution in [2.75, 3.05) is 34.7 Å². The number of carbonyl (C=O) groups excluding carboxylic acids is 1. The number of hydrogen-bond donors (Lipinski definition) is 0. The molecule has 0 unspecified atom stereocenters. The van der Waals surface area contributed by atoms with E-state index < -0.39 is 0 Å². The quantitative estimate of drug-likeness (QED) is 0.114. The minimum atomic E-state index is 0. The molecule has 0 bridgehead atoms. The zero-order valence-electron chi connectivity index (χ0n) is 27.4. The Kier molecular flexibility index (Phi) is 20.9. The normalized spacial score (nSPS) is 11.4. The van der Waals surface area contributed by atoms with E-state index in [1.54, 1.807) is 19.0 Å². The summed E-state index contributed by atoms with van der Waals surface area (Å²) >= 11 is 0. The standard InChI is InChI=1S/C35H62N4O.ClH/c1-6-7-8-9-10-11-12-13-14-15-16-17-18-19-20-21-22-23-24-25-34-36-32-30-31(35(40)38(4)5)26-27-33(32)39(34)29-28-37(2)3;/h26-27,30H,6-25,28-29H2,1-5H3;1H. The minimum absolute atomic E-state index is 0. The Morgan fingerprint density at radius 3 is 1.61 bits per heavy atom. The number of hydrogen-bond acceptors (Lipinski definition) is 3. The van der Waals surface area contributed by atoms with Crippen LogP contribution >= 0.6 is 12.4 Å². The number of benzene rings is 1. The molecule has 5 nitrogen and oxygen atoms in total. The molecule has 0 fully saturated rings. The highest BCUT2D eigenvalue weighted by atomic mass is 35.5. The van der Waals surface area contributed by atoms with Crippen LogP contribution in [0.15, 0.2) is 18.2 Å². The van der Waals surface area contributed by atoms with Crippen LogP contribution in [0.25, 0.3) is 11.0 Å². The topological polar surface area (TPSA) is 41.4 Å². The Morgan fingerprint density at radius 2 is 1.17 bits per heavy atom. The molecule has 2 aromatic rings. The van der Waals surface area contributed by atoms with E-state index >= 15 is 0 Å². The lowest BCUT2D eigenvalue weighted by Crippen LogP contribution is -2.21. The van der Waals surface area contributed by atoms with Gasteiger partial charge in [-0.15, -0.1) is 12.4 Å². The molecule has 0 spiro atoms. The molecule has 6 heteroatoms. The van der Waals surface area contributed by atoms with E-state index in [-0.39, 0.29) is 18.3 Å². The van der Waals surface area contributed by atoms with E-state index in [1.165, 1.54) is 128 Å². The van der Waals surface area contributed by atoms with Gasteiger partial charge in [-0.3, -0.25) is 4.79 Å². The molecule has 1 aromatic carbocycles. The van der Waals surface area contributed by atoms with Crippen LogP contribution in [-0.2, 0) is 13.0 Å². The first-order chi connectivity index (χ1) is 19.4. The number of likely N-dealkylation sites (N-methyl/N-ethyl adjacent to an activating group) is 1. The van der Waals surface area contributed by atoms with Gasteiger partial charge in [-0.25, -0.2) is 4.98 Å². The van der Waals surface area contributed by atoms with Crippen molar-refractivity contribution in [2.45, 2.75) is 142 Å². The largest absolute Gasteiger partial charge is 0.345 e. The van der Waals surface area contributed by atoms with E-state index in [4.69, 9.17) is 4.98 Å². The van der Waals surface area contributed by atoms with Crippen molar-refractivity contribution < 1.29 is 4.79 Å². The van der Waals surface area contributed by atoms with E-state index in [0.717, 1.165) is 30.5 Å². The molecule has 0 aliphatic heterocycles. The number of nitrogens with zero attached hydrogens (tertiary/aromatic N) is 4. The zero-order chi connectivity index (χ0) is 29.0. The van der Waals surface area contributed by atoms with Gasteiger partial charge in [0.1, 0.15) is 5.82 Å². The van der Waals surface area contributed by atoms with Crippen molar-refractivity contribution in [3.63, 3.8) is 0 Å². The van der Waals surface area contributed by atoms with E-state index in [2.05, 4.69) is 36.6 Å². The Labute approximate surface area is 259 Å². The summed E-state index contributed by atoms with van der Waals surface area (Å²) in [5.74, 6) is 1.20. The van der Waals surface area contributed by atoms with Gasteiger partial charge in [0.15, 0.2) is 0 Å². The molecule has 0 aliphatic rings. The highest BCUT2D eigenvalue weighted by molar-refractivity contribution is 5.97. The molecule has 236 valence electrons. The molecule has 0 N–H and O–H groups in total. The molecule has 0 radical (unpaired) electrons. The zero-order valence-corrected chi connectivity index (χ0v) is 28.2. The molecule has 0 saturated heterocycles. The van der Waals surface area contributed by atoms with Crippen molar-refractivity contribution in [3.05, 3.63) is 29.6 Å². The first kappa shape index (κ1) is 37.4. The Bertz CT molecular complexity index is 940. The summed E-state index contributed by atoms with van der Waals surface area (Å²) in [6.45, 7) is 4.21. The Morgan fingerprint density at radius 1 is 0.707 bits per heavy atom. The van der Waals surface area contributed by atoms with Crippen LogP contribution in [0.5, 0.6) is 0 Å². The average Bonchev–Trinajstić information content (AvgIpc) is 3.28. The third kappa shape index (κ3) is 15.4. The lowest BCUT2D eigenvalue weighted by molar-refractivity contribution is 0.0827. The summed E-state index contributed by atoms with van der Waals surface area (Å²) in [4.78, 5) is 21.3. The summed E-state index contributed by atoms with van der Waals surface area (Å²) in [5, 5.41) is 0. The summed E-state index contributed by atoms with van der Waals surface area (Å²) in [6.07, 6.45) is 27.7. The lowest BCUT2D eigenvalue weighted by atomic mass is 10.0. The summed E-state index contributed by atoms with van der Waals surface area (Å²) in [6, 6.07) is 5.98. The molecular formula is C35H63ClN4O. The number of fused-ring (bicyclic) bond motifs is 1. The second-order valence-corrected chi connectivity index (χ2v) is 12.5. The first-order valence-corrected chi connectivity index (χ1v) is 16.8. The summed E-state index contributed by atoms with van der Waals surface area (Å²) in [7, 11) is 7.83. The first-order valence-electron chi connectivity index (χ1n) is 16.8. The molecule has 1 aromatic heterocycles. The second-order valence-electron chi connectivity index (χ2n) is 12.5. The van der Waals surface area contributed by atoms with Crippen LogP contribution in [0.1, 0.15) is 145 Å². The molecular weight excluding hydrogens is 528 g/mol. The highest BCUT2D eigenvalue weighted by Crippen LogP contribution is 2.21. The molecule has 2 rings (SSSR count). The number of aryl methyl sites for hydroxylation is 1. The monoisotopic (exact) mass is 590 g/mol. The second kappa shape index (κ2) is 22.9. The third-order valence-corrected chi connectivity index (χ3v) is 8.26. The van der Waals surface area contributed by atoms with Crippen molar-refractivity contribution in [1.82, 2.24) is 19.4 Å². The van der Waals surface area contributed by atoms with Gasteiger partial charge < -0.3 is 14.4 Å². The SMILES string of the molecule is CCCCCCCCCCCCCCCCCCCCCc1nc2cc(C(=O)N(C)C)ccc2n1CCN(C)C.Cl. The van der Waals surface area contributed by atoms with Gasteiger partial charge in [0.05, 0.1) is 11.0 Å². The summed E-state index contributed by atoms with van der Waals surface area (Å²) < 4.78 is 2.37. The van der Waals surface area contributed by atoms with Gasteiger partial charge >= 0.3 is 0 Å². The van der Waals surface area contributed by atoms with Gasteiger partial charge in [0.2, 0.25) is 0 Å². The van der Waals surface area contributed by atoms with Crippen molar-refractivity contribution >= 4 is 29.3 Å². The van der Waals surface area contributed by atoms with E-state index in [1.807, 2.05) is 12.1 Å². The Hall–Kier alpha value is -1.59. The minimum Gasteiger partial charge on any atom is -0.345 e. The average molecular weight is 591 g/mol. The molecule has 1 heterocycles. The van der Waals surface area contributed by atoms with Gasteiger partial charge in [-0.2, -0.15) is 0 Å². The maximum Gasteiger partial charge on any atom is 0.253 e. The highest BCUT2D eigenvalue weighted by Gasteiger charge is 2.14. The van der Waals surface area contributed by atoms with Crippen LogP contribution < -0.4 is 0 Å². The third-order valence-electron chi connectivity index (χ3n) is 8.26. The number of carbonyl (C=O) groups is 1. The number of amides is 1. The molecule has 1 amide bonds. The molecule has 0 atom stereocenters. The maximum atomic E-state index is 12.4. The van der Waals surface area contributed by atoms with E-state index in [9.17, 15) is 4.79 Å². The maximum absolute atomic E-state index is 12.4. The van der Waals surface area contributed by atoms with Crippen LogP contribution in [0, 0.1) is 0 Å². The van der Waals surface area contributed by atoms with Crippen molar-refractivity contribution in [2.24, 2.45) is 0 Å². The van der Waals surface area contributed by atoms with Crippen LogP contribution in [0.3, 0.4) is 0 Å². The fraction of sp³-hybridized carbons (Fsp3) is 0.771. The summed E-state index contributed by atoms with van der Waals surface area (Å²) in [5.41, 5.74) is 2.80. The number of halogens is 1. The Balaban J connectivity index is 0.00000840. The van der Waals surface area contributed by atoms with Crippen LogP contribution in [-0.4, -0.2) is 60.0 Å². The number of aromatic nitrogens is 2. The van der Waals surface area contributed by atoms with Crippen LogP contribution in [0.2, 0.25) is 0 Å². The number of unbranched alkanes of at least 4 members (excludes halogenated alkanes) is 18. The lowest BCUT2D eigenvalue weighted by Gasteiger charge is -2.14. The van der Waals surface area contributed by atoms with Gasteiger partial charge in [0.25, 0.3) is 5.91 Å². The number of imidazole rings is 1. The predicted molar refractivity (Wildman–Crippen MR) is 181 cm³/mol. The number of rotatable bonds is 24. The van der Waals surface area contributed by atoms with Gasteiger partial charge in [0, 0.05) is 39.2 Å². The predicted octanol–water partition coefficient (Wildman–Crippen LogP) is 9.70. The molecule has 41 heavy (non-hydrogen) atoms. The van der Waals surface area contributed by atoms with Gasteiger partial charge in [-0.1, -0.05) is 122 Å². The molecule has 0 aliphatic carbocycles. The van der Waals surface area contributed by atoms with Crippen molar-refractivity contribution in [3.8, 4) is 0 Å². The fourth-order valence-electron chi connectivity index (χ4n) is 5.67. The van der Waals surface area contributed by atoms with Gasteiger partial charge in [-0.05, 0) is 38.7 Å². The fourth-order valence-corrected chi connectivity index (χ4v) is 5.67. The molecule has 0 saturated carbocycles. The van der Waals surface area contributed by atoms with Crippen molar-refractivity contribution in [1.29, 1.82) is 0 Å². The van der Waals surface area contributed by atoms with E-state index in [0.29, 0.717) is 5.56 Å². The smallest absolute Gasteiger partial charge is 0.253 e. The van der Waals surface area contributed by atoms with Crippen LogP contribution in [0.4, 0.5) is 0 Å².